The summed E-state index contributed by atoms with van der Waals surface area (Å²) in [6.45, 7) is 4.68. The van der Waals surface area contributed by atoms with Crippen molar-refractivity contribution >= 4 is 29.0 Å². The largest absolute Gasteiger partial charge is 0.368 e. The Morgan fingerprint density at radius 1 is 1.20 bits per heavy atom. The number of alkyl halides is 1. The van der Waals surface area contributed by atoms with Gasteiger partial charge in [0.1, 0.15) is 17.2 Å². The zero-order valence-corrected chi connectivity index (χ0v) is 13.0. The van der Waals surface area contributed by atoms with Crippen molar-refractivity contribution in [1.29, 1.82) is 0 Å². The van der Waals surface area contributed by atoms with Crippen LogP contribution in [0.2, 0.25) is 5.02 Å². The average molecular weight is 310 g/mol. The zero-order valence-electron chi connectivity index (χ0n) is 11.5. The van der Waals surface area contributed by atoms with Gasteiger partial charge >= 0.3 is 0 Å². The summed E-state index contributed by atoms with van der Waals surface area (Å²) < 4.78 is 0. The standard InChI is InChI=1S/C15H17Cl2N3/c1-10-3-5-12(6-4-10)7-8-18-15-13(17)14(11(2)16)19-9-20-15/h3-6,9,11H,7-8H2,1-2H3,(H,18,19,20). The first kappa shape index (κ1) is 15.1. The lowest BCUT2D eigenvalue weighted by atomic mass is 10.1. The molecule has 1 aromatic carbocycles. The third-order valence-electron chi connectivity index (χ3n) is 3.02. The summed E-state index contributed by atoms with van der Waals surface area (Å²) in [4.78, 5) is 8.25. The van der Waals surface area contributed by atoms with E-state index < -0.39 is 0 Å². The van der Waals surface area contributed by atoms with E-state index in [-0.39, 0.29) is 5.38 Å². The number of nitrogens with zero attached hydrogens (tertiary/aromatic N) is 2. The molecule has 1 heterocycles. The molecule has 0 amide bonds. The molecule has 1 N–H and O–H groups in total. The maximum absolute atomic E-state index is 6.23. The molecule has 20 heavy (non-hydrogen) atoms. The second kappa shape index (κ2) is 6.91. The first-order chi connectivity index (χ1) is 9.58. The van der Waals surface area contributed by atoms with Gasteiger partial charge in [0.15, 0.2) is 0 Å². The molecule has 0 bridgehead atoms. The predicted octanol–water partition coefficient (Wildman–Crippen LogP) is 4.39. The number of anilines is 1. The highest BCUT2D eigenvalue weighted by Gasteiger charge is 2.12. The maximum atomic E-state index is 6.23. The number of rotatable bonds is 5. The van der Waals surface area contributed by atoms with Crippen LogP contribution in [0.1, 0.15) is 29.1 Å². The number of hydrogen-bond acceptors (Lipinski definition) is 3. The van der Waals surface area contributed by atoms with Crippen molar-refractivity contribution in [1.82, 2.24) is 9.97 Å². The van der Waals surface area contributed by atoms with E-state index in [1.165, 1.54) is 17.5 Å². The molecule has 1 unspecified atom stereocenters. The molecule has 0 aliphatic carbocycles. The molecule has 106 valence electrons. The number of benzene rings is 1. The van der Waals surface area contributed by atoms with E-state index in [0.29, 0.717) is 16.5 Å². The molecule has 0 spiro atoms. The van der Waals surface area contributed by atoms with Gasteiger partial charge < -0.3 is 5.32 Å². The molecule has 2 rings (SSSR count). The van der Waals surface area contributed by atoms with Crippen LogP contribution < -0.4 is 5.32 Å². The Bertz CT molecular complexity index is 568. The smallest absolute Gasteiger partial charge is 0.148 e. The maximum Gasteiger partial charge on any atom is 0.148 e. The monoisotopic (exact) mass is 309 g/mol. The summed E-state index contributed by atoms with van der Waals surface area (Å²) in [5.74, 6) is 0.635. The highest BCUT2D eigenvalue weighted by atomic mass is 35.5. The SMILES string of the molecule is Cc1ccc(CCNc2ncnc(C(C)Cl)c2Cl)cc1. The summed E-state index contributed by atoms with van der Waals surface area (Å²) in [5.41, 5.74) is 3.20. The quantitative estimate of drug-likeness (QED) is 0.832. The van der Waals surface area contributed by atoms with E-state index in [9.17, 15) is 0 Å². The van der Waals surface area contributed by atoms with Gasteiger partial charge in [0.05, 0.1) is 11.1 Å². The summed E-state index contributed by atoms with van der Waals surface area (Å²) in [7, 11) is 0. The highest BCUT2D eigenvalue weighted by molar-refractivity contribution is 6.34. The zero-order chi connectivity index (χ0) is 14.5. The van der Waals surface area contributed by atoms with Crippen molar-refractivity contribution in [2.24, 2.45) is 0 Å². The van der Waals surface area contributed by atoms with E-state index >= 15 is 0 Å². The lowest BCUT2D eigenvalue weighted by Gasteiger charge is -2.11. The Morgan fingerprint density at radius 3 is 2.55 bits per heavy atom. The van der Waals surface area contributed by atoms with Crippen LogP contribution in [0.25, 0.3) is 0 Å². The van der Waals surface area contributed by atoms with Gasteiger partial charge in [0, 0.05) is 6.54 Å². The van der Waals surface area contributed by atoms with Crippen LogP contribution in [-0.2, 0) is 6.42 Å². The molecular formula is C15H17Cl2N3. The predicted molar refractivity (Wildman–Crippen MR) is 84.7 cm³/mol. The van der Waals surface area contributed by atoms with Crippen molar-refractivity contribution < 1.29 is 0 Å². The molecule has 1 atom stereocenters. The van der Waals surface area contributed by atoms with E-state index in [4.69, 9.17) is 23.2 Å². The molecule has 5 heteroatoms. The Labute approximate surface area is 129 Å². The van der Waals surface area contributed by atoms with E-state index in [2.05, 4.69) is 46.5 Å². The number of nitrogens with one attached hydrogen (secondary N) is 1. The summed E-state index contributed by atoms with van der Waals surface area (Å²) >= 11 is 12.3. The lowest BCUT2D eigenvalue weighted by molar-refractivity contribution is 0.950. The van der Waals surface area contributed by atoms with Crippen LogP contribution in [0.5, 0.6) is 0 Å². The van der Waals surface area contributed by atoms with Crippen LogP contribution >= 0.6 is 23.2 Å². The van der Waals surface area contributed by atoms with Crippen molar-refractivity contribution in [3.05, 3.63) is 52.4 Å². The van der Waals surface area contributed by atoms with Crippen LogP contribution in [-0.4, -0.2) is 16.5 Å². The molecule has 0 saturated heterocycles. The number of hydrogen-bond donors (Lipinski definition) is 1. The molecule has 0 aliphatic rings. The van der Waals surface area contributed by atoms with Gasteiger partial charge in [-0.2, -0.15) is 0 Å². The second-order valence-electron chi connectivity index (χ2n) is 4.70. The summed E-state index contributed by atoms with van der Waals surface area (Å²) in [5, 5.41) is 3.50. The fourth-order valence-corrected chi connectivity index (χ4v) is 2.41. The van der Waals surface area contributed by atoms with Crippen LogP contribution in [0, 0.1) is 6.92 Å². The fourth-order valence-electron chi connectivity index (χ4n) is 1.86. The molecule has 2 aromatic rings. The van der Waals surface area contributed by atoms with Gasteiger partial charge in [0.2, 0.25) is 0 Å². The van der Waals surface area contributed by atoms with E-state index in [1.807, 2.05) is 6.92 Å². The topological polar surface area (TPSA) is 37.8 Å². The molecule has 1 aromatic heterocycles. The van der Waals surface area contributed by atoms with Crippen molar-refractivity contribution in [2.45, 2.75) is 25.6 Å². The Balaban J connectivity index is 1.97. The molecule has 0 saturated carbocycles. The van der Waals surface area contributed by atoms with Crippen molar-refractivity contribution in [3.63, 3.8) is 0 Å². The van der Waals surface area contributed by atoms with E-state index in [0.717, 1.165) is 13.0 Å². The molecule has 3 nitrogen and oxygen atoms in total. The molecule has 0 fully saturated rings. The summed E-state index contributed by atoms with van der Waals surface area (Å²) in [6.07, 6.45) is 2.39. The minimum absolute atomic E-state index is 0.233. The van der Waals surface area contributed by atoms with Crippen molar-refractivity contribution in [3.8, 4) is 0 Å². The fraction of sp³-hybridized carbons (Fsp3) is 0.333. The first-order valence-corrected chi connectivity index (χ1v) is 7.33. The van der Waals surface area contributed by atoms with Gasteiger partial charge in [-0.05, 0) is 25.8 Å². The van der Waals surface area contributed by atoms with Gasteiger partial charge in [-0.15, -0.1) is 11.6 Å². The Hall–Kier alpha value is -1.32. The van der Waals surface area contributed by atoms with Gasteiger partial charge in [0.25, 0.3) is 0 Å². The normalized spacial score (nSPS) is 12.2. The lowest BCUT2D eigenvalue weighted by Crippen LogP contribution is -2.08. The number of aryl methyl sites for hydroxylation is 1. The average Bonchev–Trinajstić information content (AvgIpc) is 2.42. The van der Waals surface area contributed by atoms with Crippen molar-refractivity contribution in [2.75, 3.05) is 11.9 Å². The second-order valence-corrected chi connectivity index (χ2v) is 5.73. The minimum Gasteiger partial charge on any atom is -0.368 e. The number of aromatic nitrogens is 2. The van der Waals surface area contributed by atoms with Crippen LogP contribution in [0.3, 0.4) is 0 Å². The van der Waals surface area contributed by atoms with Gasteiger partial charge in [-0.25, -0.2) is 9.97 Å². The van der Waals surface area contributed by atoms with Gasteiger partial charge in [-0.3, -0.25) is 0 Å². The molecular weight excluding hydrogens is 293 g/mol. The highest BCUT2D eigenvalue weighted by Crippen LogP contribution is 2.29. The third kappa shape index (κ3) is 3.84. The Kier molecular flexibility index (Phi) is 5.21. The third-order valence-corrected chi connectivity index (χ3v) is 3.60. The van der Waals surface area contributed by atoms with Crippen LogP contribution in [0.4, 0.5) is 5.82 Å². The first-order valence-electron chi connectivity index (χ1n) is 6.52. The Morgan fingerprint density at radius 2 is 1.90 bits per heavy atom. The van der Waals surface area contributed by atoms with Crippen LogP contribution in [0.15, 0.2) is 30.6 Å². The number of halogens is 2. The van der Waals surface area contributed by atoms with Gasteiger partial charge in [-0.1, -0.05) is 41.4 Å². The van der Waals surface area contributed by atoms with E-state index in [1.54, 1.807) is 0 Å². The molecule has 0 aliphatic heterocycles. The minimum atomic E-state index is -0.233. The summed E-state index contributed by atoms with van der Waals surface area (Å²) in [6, 6.07) is 8.48. The molecule has 0 radical (unpaired) electrons.